The molecule has 0 saturated carbocycles. The number of rotatable bonds is 7. The number of nitrogens with one attached hydrogen (secondary N) is 1. The van der Waals surface area contributed by atoms with Crippen molar-refractivity contribution in [3.05, 3.63) is 94.0 Å². The first-order valence-electron chi connectivity index (χ1n) is 11.6. The second-order valence-electron chi connectivity index (χ2n) is 8.71. The van der Waals surface area contributed by atoms with E-state index in [-0.39, 0.29) is 22.8 Å². The third kappa shape index (κ3) is 5.55. The predicted molar refractivity (Wildman–Crippen MR) is 138 cm³/mol. The minimum absolute atomic E-state index is 0.0668. The van der Waals surface area contributed by atoms with E-state index in [1.165, 1.54) is 18.3 Å². The zero-order valence-electron chi connectivity index (χ0n) is 20.7. The van der Waals surface area contributed by atoms with E-state index in [1.807, 2.05) is 24.3 Å². The minimum Gasteiger partial charge on any atom is -0.497 e. The summed E-state index contributed by atoms with van der Waals surface area (Å²) in [5.74, 6) is 0.160. The molecule has 0 unspecified atom stereocenters. The molecular formula is C26H21ClF3N7O2. The maximum absolute atomic E-state index is 12.8. The van der Waals surface area contributed by atoms with Crippen LogP contribution in [0.2, 0.25) is 5.02 Å². The van der Waals surface area contributed by atoms with Crippen LogP contribution in [0.15, 0.2) is 60.9 Å². The van der Waals surface area contributed by atoms with Gasteiger partial charge in [-0.2, -0.15) is 18.3 Å². The summed E-state index contributed by atoms with van der Waals surface area (Å²) in [6.45, 7) is 2.54. The lowest BCUT2D eigenvalue weighted by atomic mass is 10.1. The van der Waals surface area contributed by atoms with Gasteiger partial charge in [0, 0.05) is 11.9 Å². The maximum atomic E-state index is 12.8. The molecule has 0 aliphatic heterocycles. The lowest BCUT2D eigenvalue weighted by Crippen LogP contribution is -2.14. The Morgan fingerprint density at radius 1 is 1.08 bits per heavy atom. The number of hydrogen-bond donors (Lipinski definition) is 1. The number of benzene rings is 2. The summed E-state index contributed by atoms with van der Waals surface area (Å²) in [6.07, 6.45) is -1.36. The third-order valence-electron chi connectivity index (χ3n) is 5.99. The topological polar surface area (TPSA) is 99.8 Å². The first kappa shape index (κ1) is 26.2. The predicted octanol–water partition coefficient (Wildman–Crippen LogP) is 5.36. The van der Waals surface area contributed by atoms with Crippen LogP contribution in [0, 0.1) is 6.92 Å². The van der Waals surface area contributed by atoms with E-state index < -0.39 is 17.6 Å². The van der Waals surface area contributed by atoms with Crippen LogP contribution >= 0.6 is 11.6 Å². The number of halogens is 4. The van der Waals surface area contributed by atoms with Gasteiger partial charge >= 0.3 is 6.18 Å². The first-order valence-corrected chi connectivity index (χ1v) is 12.0. The van der Waals surface area contributed by atoms with E-state index >= 15 is 0 Å². The summed E-state index contributed by atoms with van der Waals surface area (Å²) in [5.41, 5.74) is 2.13. The highest BCUT2D eigenvalue weighted by molar-refractivity contribution is 6.39. The van der Waals surface area contributed by atoms with Crippen molar-refractivity contribution < 1.29 is 22.7 Å². The van der Waals surface area contributed by atoms with Gasteiger partial charge in [-0.25, -0.2) is 14.3 Å². The molecule has 13 heteroatoms. The van der Waals surface area contributed by atoms with Crippen LogP contribution in [0.4, 0.5) is 18.9 Å². The number of methoxy groups -OCH3 is 1. The monoisotopic (exact) mass is 555 g/mol. The number of pyridine rings is 1. The minimum atomic E-state index is -4.47. The van der Waals surface area contributed by atoms with Crippen molar-refractivity contribution in [1.82, 2.24) is 29.8 Å². The Balaban J connectivity index is 1.33. The van der Waals surface area contributed by atoms with Crippen molar-refractivity contribution in [2.24, 2.45) is 0 Å². The van der Waals surface area contributed by atoms with Gasteiger partial charge in [0.2, 0.25) is 0 Å². The molecule has 1 amide bonds. The molecule has 0 aliphatic carbocycles. The second kappa shape index (κ2) is 10.4. The molecule has 1 N–H and O–H groups in total. The molecule has 0 bridgehead atoms. The van der Waals surface area contributed by atoms with Crippen molar-refractivity contribution in [3.8, 4) is 5.75 Å². The van der Waals surface area contributed by atoms with Crippen molar-refractivity contribution in [3.63, 3.8) is 0 Å². The van der Waals surface area contributed by atoms with Gasteiger partial charge in [0.15, 0.2) is 5.65 Å². The van der Waals surface area contributed by atoms with E-state index in [2.05, 4.69) is 25.7 Å². The standard InChI is InChI=1S/C26H21ClF3N7O2/c1-15-22-23(27)21(25(38)32-18-7-5-17(6-8-18)26(28,29)30)11-31-24(22)37(34-15)14-19-13-36(35-33-19)12-16-3-9-20(39-2)10-4-16/h3-11,13H,12,14H2,1-2H3,(H,32,38). The van der Waals surface area contributed by atoms with E-state index in [9.17, 15) is 18.0 Å². The van der Waals surface area contributed by atoms with Crippen molar-refractivity contribution in [2.45, 2.75) is 26.2 Å². The number of fused-ring (bicyclic) bond motifs is 1. The van der Waals surface area contributed by atoms with E-state index in [1.54, 1.807) is 29.6 Å². The summed E-state index contributed by atoms with van der Waals surface area (Å²) in [5, 5.41) is 16.1. The lowest BCUT2D eigenvalue weighted by Gasteiger charge is -2.10. The quantitative estimate of drug-likeness (QED) is 0.290. The van der Waals surface area contributed by atoms with Crippen molar-refractivity contribution >= 4 is 34.2 Å². The van der Waals surface area contributed by atoms with Crippen LogP contribution in [0.1, 0.15) is 32.9 Å². The number of aryl methyl sites for hydroxylation is 1. The van der Waals surface area contributed by atoms with Gasteiger partial charge in [0.1, 0.15) is 11.4 Å². The van der Waals surface area contributed by atoms with Gasteiger partial charge in [-0.05, 0) is 48.9 Å². The van der Waals surface area contributed by atoms with Gasteiger partial charge in [-0.1, -0.05) is 28.9 Å². The number of hydrogen-bond acceptors (Lipinski definition) is 6. The number of carbonyl (C=O) groups excluding carboxylic acids is 1. The molecule has 5 rings (SSSR count). The molecule has 3 heterocycles. The maximum Gasteiger partial charge on any atom is 0.416 e. The van der Waals surface area contributed by atoms with Crippen LogP contribution in [-0.4, -0.2) is 42.8 Å². The highest BCUT2D eigenvalue weighted by atomic mass is 35.5. The van der Waals surface area contributed by atoms with Gasteiger partial charge in [0.25, 0.3) is 5.91 Å². The number of anilines is 1. The molecule has 0 aliphatic rings. The Labute approximate surface area is 225 Å². The molecule has 2 aromatic carbocycles. The highest BCUT2D eigenvalue weighted by Gasteiger charge is 2.30. The summed E-state index contributed by atoms with van der Waals surface area (Å²) < 4.78 is 46.9. The Bertz CT molecular complexity index is 1650. The molecule has 0 spiro atoms. The normalized spacial score (nSPS) is 11.6. The van der Waals surface area contributed by atoms with Crippen LogP contribution in [-0.2, 0) is 19.3 Å². The van der Waals surface area contributed by atoms with E-state index in [4.69, 9.17) is 16.3 Å². The average Bonchev–Trinajstić information content (AvgIpc) is 3.48. The fourth-order valence-electron chi connectivity index (χ4n) is 4.04. The van der Waals surface area contributed by atoms with Crippen LogP contribution in [0.5, 0.6) is 5.75 Å². The Kier molecular flexibility index (Phi) is 6.96. The number of aromatic nitrogens is 6. The SMILES string of the molecule is COc1ccc(Cn2cc(Cn3nc(C)c4c(Cl)c(C(=O)Nc5ccc(C(F)(F)F)cc5)cnc43)nn2)cc1. The number of amides is 1. The molecule has 9 nitrogen and oxygen atoms in total. The highest BCUT2D eigenvalue weighted by Crippen LogP contribution is 2.31. The molecule has 200 valence electrons. The smallest absolute Gasteiger partial charge is 0.416 e. The molecule has 0 saturated heterocycles. The Morgan fingerprint density at radius 2 is 1.79 bits per heavy atom. The van der Waals surface area contributed by atoms with Gasteiger partial charge in [-0.15, -0.1) is 5.10 Å². The van der Waals surface area contributed by atoms with Crippen LogP contribution in [0.25, 0.3) is 11.0 Å². The summed E-state index contributed by atoms with van der Waals surface area (Å²) >= 11 is 6.58. The van der Waals surface area contributed by atoms with E-state index in [0.29, 0.717) is 29.0 Å². The lowest BCUT2D eigenvalue weighted by molar-refractivity contribution is -0.137. The molecule has 39 heavy (non-hydrogen) atoms. The molecule has 0 radical (unpaired) electrons. The second-order valence-corrected chi connectivity index (χ2v) is 9.09. The summed E-state index contributed by atoms with van der Waals surface area (Å²) in [4.78, 5) is 17.2. The fraction of sp³-hybridized carbons (Fsp3) is 0.192. The summed E-state index contributed by atoms with van der Waals surface area (Å²) in [6, 6.07) is 11.8. The molecule has 5 aromatic rings. The van der Waals surface area contributed by atoms with Crippen LogP contribution in [0.3, 0.4) is 0 Å². The molecular weight excluding hydrogens is 535 g/mol. The zero-order valence-corrected chi connectivity index (χ0v) is 21.5. The van der Waals surface area contributed by atoms with Gasteiger partial charge < -0.3 is 10.1 Å². The van der Waals surface area contributed by atoms with Gasteiger partial charge in [0.05, 0.1) is 53.6 Å². The molecule has 0 atom stereocenters. The summed E-state index contributed by atoms with van der Waals surface area (Å²) in [7, 11) is 1.61. The number of ether oxygens (including phenoxy) is 1. The molecule has 3 aromatic heterocycles. The van der Waals surface area contributed by atoms with Crippen molar-refractivity contribution in [1.29, 1.82) is 0 Å². The molecule has 0 fully saturated rings. The fourth-order valence-corrected chi connectivity index (χ4v) is 4.40. The third-order valence-corrected chi connectivity index (χ3v) is 6.38. The zero-order chi connectivity index (χ0) is 27.7. The van der Waals surface area contributed by atoms with Crippen LogP contribution < -0.4 is 10.1 Å². The van der Waals surface area contributed by atoms with Gasteiger partial charge in [-0.3, -0.25) is 4.79 Å². The Hall–Kier alpha value is -4.45. The average molecular weight is 556 g/mol. The first-order chi connectivity index (χ1) is 18.6. The number of alkyl halides is 3. The Morgan fingerprint density at radius 3 is 2.46 bits per heavy atom. The number of carbonyl (C=O) groups is 1. The van der Waals surface area contributed by atoms with Crippen molar-refractivity contribution in [2.75, 3.05) is 12.4 Å². The van der Waals surface area contributed by atoms with E-state index in [0.717, 1.165) is 23.4 Å². The largest absolute Gasteiger partial charge is 0.497 e. The number of nitrogens with zero attached hydrogens (tertiary/aromatic N) is 6.